The maximum absolute atomic E-state index is 11.7. The van der Waals surface area contributed by atoms with Crippen molar-refractivity contribution < 1.29 is 4.79 Å². The molecule has 1 heterocycles. The maximum Gasteiger partial charge on any atom is 0.234 e. The minimum Gasteiger partial charge on any atom is -0.346 e. The van der Waals surface area contributed by atoms with Crippen molar-refractivity contribution in [2.24, 2.45) is 0 Å². The van der Waals surface area contributed by atoms with E-state index in [0.29, 0.717) is 12.6 Å². The van der Waals surface area contributed by atoms with Crippen LogP contribution in [0.4, 0.5) is 0 Å². The molecule has 4 nitrogen and oxygen atoms in total. The average Bonchev–Trinajstić information content (AvgIpc) is 2.86. The number of carbonyl (C=O) groups is 1. The Morgan fingerprint density at radius 2 is 2.24 bits per heavy atom. The zero-order chi connectivity index (χ0) is 12.7. The highest BCUT2D eigenvalue weighted by atomic mass is 32.1. The number of amides is 1. The third kappa shape index (κ3) is 4.83. The maximum atomic E-state index is 11.7. The predicted octanol–water partition coefficient (Wildman–Crippen LogP) is 2.10. The molecule has 0 spiro atoms. The van der Waals surface area contributed by atoms with Gasteiger partial charge in [-0.25, -0.2) is 4.98 Å². The molecule has 1 amide bonds. The van der Waals surface area contributed by atoms with Gasteiger partial charge in [-0.2, -0.15) is 0 Å². The highest BCUT2D eigenvalue weighted by Crippen LogP contribution is 2.18. The van der Waals surface area contributed by atoms with E-state index in [9.17, 15) is 4.79 Å². The standard InChI is InChI=1S/C12H21N3OS/c1-4-9(3)14-8-11(16)15-10(5-2)12-13-6-7-17-12/h6-7,9-10,14H,4-5,8H2,1-3H3,(H,15,16). The molecule has 96 valence electrons. The Morgan fingerprint density at radius 1 is 1.47 bits per heavy atom. The number of thiazole rings is 1. The van der Waals surface area contributed by atoms with E-state index in [1.807, 2.05) is 5.38 Å². The lowest BCUT2D eigenvalue weighted by molar-refractivity contribution is -0.121. The van der Waals surface area contributed by atoms with E-state index >= 15 is 0 Å². The summed E-state index contributed by atoms with van der Waals surface area (Å²) >= 11 is 1.58. The largest absolute Gasteiger partial charge is 0.346 e. The van der Waals surface area contributed by atoms with E-state index in [1.54, 1.807) is 17.5 Å². The van der Waals surface area contributed by atoms with Gasteiger partial charge in [0.1, 0.15) is 5.01 Å². The zero-order valence-corrected chi connectivity index (χ0v) is 11.5. The highest BCUT2D eigenvalue weighted by Gasteiger charge is 2.14. The number of carbonyl (C=O) groups excluding carboxylic acids is 1. The number of nitrogens with one attached hydrogen (secondary N) is 2. The SMILES string of the molecule is CCC(C)NCC(=O)NC(CC)c1nccs1. The minimum absolute atomic E-state index is 0.0346. The summed E-state index contributed by atoms with van der Waals surface area (Å²) in [6, 6.07) is 0.418. The van der Waals surface area contributed by atoms with Crippen LogP contribution in [0.1, 0.15) is 44.7 Å². The molecule has 2 N–H and O–H groups in total. The van der Waals surface area contributed by atoms with E-state index in [2.05, 4.69) is 36.4 Å². The highest BCUT2D eigenvalue weighted by molar-refractivity contribution is 7.09. The molecule has 0 saturated heterocycles. The second-order valence-corrected chi connectivity index (χ2v) is 5.02. The first-order chi connectivity index (χ1) is 8.17. The lowest BCUT2D eigenvalue weighted by Gasteiger charge is -2.16. The van der Waals surface area contributed by atoms with Gasteiger partial charge in [0.05, 0.1) is 12.6 Å². The van der Waals surface area contributed by atoms with Crippen LogP contribution in [-0.2, 0) is 4.79 Å². The van der Waals surface area contributed by atoms with E-state index in [1.165, 1.54) is 0 Å². The molecule has 0 aliphatic heterocycles. The monoisotopic (exact) mass is 255 g/mol. The summed E-state index contributed by atoms with van der Waals surface area (Å²) < 4.78 is 0. The Labute approximate surface area is 107 Å². The second kappa shape index (κ2) is 7.40. The molecule has 0 fully saturated rings. The van der Waals surface area contributed by atoms with Crippen LogP contribution in [0.25, 0.3) is 0 Å². The summed E-state index contributed by atoms with van der Waals surface area (Å²) in [7, 11) is 0. The second-order valence-electron chi connectivity index (χ2n) is 4.09. The Balaban J connectivity index is 2.38. The van der Waals surface area contributed by atoms with E-state index in [0.717, 1.165) is 17.8 Å². The summed E-state index contributed by atoms with van der Waals surface area (Å²) in [5.41, 5.74) is 0. The Morgan fingerprint density at radius 3 is 2.76 bits per heavy atom. The predicted molar refractivity (Wildman–Crippen MR) is 71.0 cm³/mol. The lowest BCUT2D eigenvalue weighted by atomic mass is 10.2. The molecule has 1 aromatic heterocycles. The van der Waals surface area contributed by atoms with Gasteiger partial charge in [0, 0.05) is 17.6 Å². The molecule has 0 radical (unpaired) electrons. The third-order valence-corrected chi connectivity index (χ3v) is 3.61. The van der Waals surface area contributed by atoms with Crippen LogP contribution in [-0.4, -0.2) is 23.5 Å². The number of hydrogen-bond donors (Lipinski definition) is 2. The molecule has 2 atom stereocenters. The van der Waals surface area contributed by atoms with Gasteiger partial charge in [-0.1, -0.05) is 13.8 Å². The van der Waals surface area contributed by atoms with Crippen LogP contribution in [0.3, 0.4) is 0 Å². The number of rotatable bonds is 7. The summed E-state index contributed by atoms with van der Waals surface area (Å²) in [5.74, 6) is 0.0346. The molecule has 1 aromatic rings. The van der Waals surface area contributed by atoms with Crippen molar-refractivity contribution in [1.29, 1.82) is 0 Å². The zero-order valence-electron chi connectivity index (χ0n) is 10.7. The fourth-order valence-corrected chi connectivity index (χ4v) is 2.17. The van der Waals surface area contributed by atoms with Crippen molar-refractivity contribution in [3.8, 4) is 0 Å². The van der Waals surface area contributed by atoms with Crippen molar-refractivity contribution in [3.63, 3.8) is 0 Å². The summed E-state index contributed by atoms with van der Waals surface area (Å²) in [6.45, 7) is 6.59. The molecule has 1 rings (SSSR count). The van der Waals surface area contributed by atoms with E-state index in [4.69, 9.17) is 0 Å². The Bertz CT molecular complexity index is 327. The van der Waals surface area contributed by atoms with Crippen molar-refractivity contribution in [2.45, 2.75) is 45.7 Å². The van der Waals surface area contributed by atoms with E-state index < -0.39 is 0 Å². The smallest absolute Gasteiger partial charge is 0.234 e. The van der Waals surface area contributed by atoms with Crippen LogP contribution >= 0.6 is 11.3 Å². The third-order valence-electron chi connectivity index (χ3n) is 2.72. The van der Waals surface area contributed by atoms with Crippen LogP contribution in [0.5, 0.6) is 0 Å². The first-order valence-corrected chi connectivity index (χ1v) is 6.97. The van der Waals surface area contributed by atoms with Gasteiger partial charge in [0.2, 0.25) is 5.91 Å². The van der Waals surface area contributed by atoms with Gasteiger partial charge in [0.15, 0.2) is 0 Å². The first-order valence-electron chi connectivity index (χ1n) is 6.09. The van der Waals surface area contributed by atoms with Gasteiger partial charge in [-0.05, 0) is 19.8 Å². The summed E-state index contributed by atoms with van der Waals surface area (Å²) in [5, 5.41) is 9.08. The van der Waals surface area contributed by atoms with Crippen molar-refractivity contribution >= 4 is 17.2 Å². The molecule has 0 saturated carbocycles. The molecule has 0 aliphatic rings. The lowest BCUT2D eigenvalue weighted by Crippen LogP contribution is -2.39. The van der Waals surface area contributed by atoms with Gasteiger partial charge in [-0.3, -0.25) is 4.79 Å². The van der Waals surface area contributed by atoms with Crippen LogP contribution in [0, 0.1) is 0 Å². The molecule has 17 heavy (non-hydrogen) atoms. The van der Waals surface area contributed by atoms with Gasteiger partial charge >= 0.3 is 0 Å². The average molecular weight is 255 g/mol. The number of aromatic nitrogens is 1. The van der Waals surface area contributed by atoms with E-state index in [-0.39, 0.29) is 11.9 Å². The topological polar surface area (TPSA) is 54.0 Å². The Hall–Kier alpha value is -0.940. The molecule has 0 aliphatic carbocycles. The molecular weight excluding hydrogens is 234 g/mol. The molecule has 0 aromatic carbocycles. The van der Waals surface area contributed by atoms with Crippen LogP contribution in [0.2, 0.25) is 0 Å². The van der Waals surface area contributed by atoms with Gasteiger partial charge < -0.3 is 10.6 Å². The van der Waals surface area contributed by atoms with Gasteiger partial charge in [0.25, 0.3) is 0 Å². The first kappa shape index (κ1) is 14.1. The van der Waals surface area contributed by atoms with Crippen LogP contribution in [0.15, 0.2) is 11.6 Å². The molecule has 2 unspecified atom stereocenters. The van der Waals surface area contributed by atoms with Crippen molar-refractivity contribution in [1.82, 2.24) is 15.6 Å². The normalized spacial score (nSPS) is 14.3. The van der Waals surface area contributed by atoms with Crippen LogP contribution < -0.4 is 10.6 Å². The minimum atomic E-state index is 0.0346. The molecule has 0 bridgehead atoms. The molecular formula is C12H21N3OS. The van der Waals surface area contributed by atoms with Gasteiger partial charge in [-0.15, -0.1) is 11.3 Å². The fraction of sp³-hybridized carbons (Fsp3) is 0.667. The summed E-state index contributed by atoms with van der Waals surface area (Å²) in [6.07, 6.45) is 3.66. The van der Waals surface area contributed by atoms with Crippen molar-refractivity contribution in [2.75, 3.05) is 6.54 Å². The Kier molecular flexibility index (Phi) is 6.15. The quantitative estimate of drug-likeness (QED) is 0.784. The molecule has 5 heteroatoms. The van der Waals surface area contributed by atoms with Crippen molar-refractivity contribution in [3.05, 3.63) is 16.6 Å². The fourth-order valence-electron chi connectivity index (χ4n) is 1.40. The summed E-state index contributed by atoms with van der Waals surface area (Å²) in [4.78, 5) is 16.0. The number of hydrogen-bond acceptors (Lipinski definition) is 4. The number of nitrogens with zero attached hydrogens (tertiary/aromatic N) is 1.